The molecule has 0 aromatic carbocycles. The molecule has 2 heteroatoms. The van der Waals surface area contributed by atoms with Crippen molar-refractivity contribution in [1.82, 2.24) is 10.2 Å². The molecule has 1 aliphatic heterocycles. The Hall–Kier alpha value is -0.0800. The third-order valence-electron chi connectivity index (χ3n) is 6.41. The Bertz CT molecular complexity index is 314. The number of piperazine rings is 1. The molecule has 1 spiro atoms. The molecule has 2 nitrogen and oxygen atoms in total. The molecule has 1 N–H and O–H groups in total. The summed E-state index contributed by atoms with van der Waals surface area (Å²) in [6.07, 6.45) is 14.5. The highest BCUT2D eigenvalue weighted by molar-refractivity contribution is 5.02. The SMILES string of the molecule is CC(C)CCN1CC2(CCCC2)NCC1C1CCCCC1. The fourth-order valence-electron chi connectivity index (χ4n) is 5.05. The summed E-state index contributed by atoms with van der Waals surface area (Å²) in [6, 6.07) is 0.829. The Morgan fingerprint density at radius 3 is 2.43 bits per heavy atom. The molecular formula is C19H36N2. The van der Waals surface area contributed by atoms with Gasteiger partial charge in [-0.1, -0.05) is 46.0 Å². The molecule has 1 atom stereocenters. The lowest BCUT2D eigenvalue weighted by molar-refractivity contribution is 0.0348. The molecule has 0 radical (unpaired) electrons. The van der Waals surface area contributed by atoms with E-state index in [1.807, 2.05) is 0 Å². The number of hydrogen-bond acceptors (Lipinski definition) is 2. The highest BCUT2D eigenvalue weighted by Crippen LogP contribution is 2.37. The third kappa shape index (κ3) is 3.82. The summed E-state index contributed by atoms with van der Waals surface area (Å²) in [5, 5.41) is 4.02. The fourth-order valence-corrected chi connectivity index (χ4v) is 5.05. The van der Waals surface area contributed by atoms with E-state index in [-0.39, 0.29) is 0 Å². The zero-order valence-electron chi connectivity index (χ0n) is 14.4. The highest BCUT2D eigenvalue weighted by Gasteiger charge is 2.42. The monoisotopic (exact) mass is 292 g/mol. The molecule has 0 aromatic heterocycles. The maximum Gasteiger partial charge on any atom is 0.0309 e. The van der Waals surface area contributed by atoms with Gasteiger partial charge >= 0.3 is 0 Å². The largest absolute Gasteiger partial charge is 0.308 e. The van der Waals surface area contributed by atoms with E-state index in [0.29, 0.717) is 5.54 Å². The van der Waals surface area contributed by atoms with Crippen LogP contribution >= 0.6 is 0 Å². The average molecular weight is 293 g/mol. The van der Waals surface area contributed by atoms with E-state index in [0.717, 1.165) is 17.9 Å². The van der Waals surface area contributed by atoms with Crippen LogP contribution in [0.15, 0.2) is 0 Å². The topological polar surface area (TPSA) is 15.3 Å². The average Bonchev–Trinajstić information content (AvgIpc) is 2.94. The predicted molar refractivity (Wildman–Crippen MR) is 90.6 cm³/mol. The number of nitrogens with zero attached hydrogens (tertiary/aromatic N) is 1. The first-order chi connectivity index (χ1) is 10.2. The van der Waals surface area contributed by atoms with Crippen molar-refractivity contribution in [2.75, 3.05) is 19.6 Å². The van der Waals surface area contributed by atoms with Crippen molar-refractivity contribution in [2.45, 2.75) is 89.6 Å². The first-order valence-corrected chi connectivity index (χ1v) is 9.68. The first kappa shape index (κ1) is 15.8. The van der Waals surface area contributed by atoms with Crippen LogP contribution in [0.4, 0.5) is 0 Å². The molecule has 2 saturated carbocycles. The van der Waals surface area contributed by atoms with Crippen LogP contribution in [-0.2, 0) is 0 Å². The number of rotatable bonds is 4. The normalized spacial score (nSPS) is 31.3. The van der Waals surface area contributed by atoms with Crippen LogP contribution in [-0.4, -0.2) is 36.1 Å². The Kier molecular flexibility index (Phi) is 5.27. The summed E-state index contributed by atoms with van der Waals surface area (Å²) < 4.78 is 0. The lowest BCUT2D eigenvalue weighted by atomic mass is 9.80. The molecule has 0 bridgehead atoms. The predicted octanol–water partition coefficient (Wildman–Crippen LogP) is 4.20. The molecule has 122 valence electrons. The molecule has 1 unspecified atom stereocenters. The minimum absolute atomic E-state index is 0.488. The van der Waals surface area contributed by atoms with E-state index in [1.54, 1.807) is 0 Å². The van der Waals surface area contributed by atoms with E-state index < -0.39 is 0 Å². The Morgan fingerprint density at radius 2 is 1.76 bits per heavy atom. The molecular weight excluding hydrogens is 256 g/mol. The summed E-state index contributed by atoms with van der Waals surface area (Å²) >= 11 is 0. The summed E-state index contributed by atoms with van der Waals surface area (Å²) in [4.78, 5) is 2.91. The van der Waals surface area contributed by atoms with Gasteiger partial charge in [0.25, 0.3) is 0 Å². The van der Waals surface area contributed by atoms with Crippen LogP contribution in [0.1, 0.15) is 78.1 Å². The fraction of sp³-hybridized carbons (Fsp3) is 1.00. The van der Waals surface area contributed by atoms with Crippen LogP contribution in [0.2, 0.25) is 0 Å². The second kappa shape index (κ2) is 7.00. The summed E-state index contributed by atoms with van der Waals surface area (Å²) in [5.74, 6) is 1.81. The van der Waals surface area contributed by atoms with Gasteiger partial charge in [0.2, 0.25) is 0 Å². The number of hydrogen-bond donors (Lipinski definition) is 1. The Balaban J connectivity index is 1.65. The van der Waals surface area contributed by atoms with Crippen molar-refractivity contribution in [1.29, 1.82) is 0 Å². The van der Waals surface area contributed by atoms with E-state index in [2.05, 4.69) is 24.1 Å². The van der Waals surface area contributed by atoms with Crippen molar-refractivity contribution in [3.63, 3.8) is 0 Å². The van der Waals surface area contributed by atoms with E-state index in [9.17, 15) is 0 Å². The zero-order chi connectivity index (χ0) is 14.7. The van der Waals surface area contributed by atoms with Crippen molar-refractivity contribution >= 4 is 0 Å². The Labute approximate surface area is 132 Å². The van der Waals surface area contributed by atoms with Crippen molar-refractivity contribution < 1.29 is 0 Å². The van der Waals surface area contributed by atoms with E-state index in [1.165, 1.54) is 83.8 Å². The van der Waals surface area contributed by atoms with E-state index >= 15 is 0 Å². The van der Waals surface area contributed by atoms with Crippen LogP contribution in [0, 0.1) is 11.8 Å². The quantitative estimate of drug-likeness (QED) is 0.835. The van der Waals surface area contributed by atoms with Crippen molar-refractivity contribution in [2.24, 2.45) is 11.8 Å². The van der Waals surface area contributed by atoms with Crippen LogP contribution in [0.25, 0.3) is 0 Å². The van der Waals surface area contributed by atoms with Gasteiger partial charge in [-0.3, -0.25) is 4.90 Å². The summed E-state index contributed by atoms with van der Waals surface area (Å²) in [7, 11) is 0. The lowest BCUT2D eigenvalue weighted by Gasteiger charge is -2.50. The van der Waals surface area contributed by atoms with Gasteiger partial charge in [0.05, 0.1) is 0 Å². The van der Waals surface area contributed by atoms with Crippen LogP contribution < -0.4 is 5.32 Å². The Morgan fingerprint density at radius 1 is 1.05 bits per heavy atom. The number of nitrogens with one attached hydrogen (secondary N) is 1. The zero-order valence-corrected chi connectivity index (χ0v) is 14.4. The van der Waals surface area contributed by atoms with Gasteiger partial charge in [0, 0.05) is 24.7 Å². The smallest absolute Gasteiger partial charge is 0.0309 e. The maximum atomic E-state index is 4.02. The van der Waals surface area contributed by atoms with Gasteiger partial charge in [-0.2, -0.15) is 0 Å². The molecule has 0 amide bonds. The molecule has 3 aliphatic rings. The summed E-state index contributed by atoms with van der Waals surface area (Å²) in [6.45, 7) is 8.69. The van der Waals surface area contributed by atoms with Gasteiger partial charge in [-0.25, -0.2) is 0 Å². The third-order valence-corrected chi connectivity index (χ3v) is 6.41. The molecule has 3 rings (SSSR count). The summed E-state index contributed by atoms with van der Waals surface area (Å²) in [5.41, 5.74) is 0.488. The minimum Gasteiger partial charge on any atom is -0.308 e. The van der Waals surface area contributed by atoms with Crippen LogP contribution in [0.5, 0.6) is 0 Å². The molecule has 1 saturated heterocycles. The van der Waals surface area contributed by atoms with Gasteiger partial charge in [0.1, 0.15) is 0 Å². The molecule has 3 fully saturated rings. The minimum atomic E-state index is 0.488. The molecule has 1 heterocycles. The second-order valence-corrected chi connectivity index (χ2v) is 8.49. The second-order valence-electron chi connectivity index (χ2n) is 8.49. The highest BCUT2D eigenvalue weighted by atomic mass is 15.3. The van der Waals surface area contributed by atoms with Gasteiger partial charge < -0.3 is 5.32 Å². The van der Waals surface area contributed by atoms with Gasteiger partial charge in [0.15, 0.2) is 0 Å². The standard InChI is InChI=1S/C19H36N2/c1-16(2)10-13-21-15-19(11-6-7-12-19)20-14-18(21)17-8-4-3-5-9-17/h16-18,20H,3-15H2,1-2H3. The molecule has 2 aliphatic carbocycles. The van der Waals surface area contributed by atoms with Crippen molar-refractivity contribution in [3.8, 4) is 0 Å². The van der Waals surface area contributed by atoms with Crippen molar-refractivity contribution in [3.05, 3.63) is 0 Å². The molecule has 21 heavy (non-hydrogen) atoms. The van der Waals surface area contributed by atoms with Gasteiger partial charge in [-0.05, 0) is 50.5 Å². The van der Waals surface area contributed by atoms with Gasteiger partial charge in [-0.15, -0.1) is 0 Å². The lowest BCUT2D eigenvalue weighted by Crippen LogP contribution is -2.65. The van der Waals surface area contributed by atoms with E-state index in [4.69, 9.17) is 0 Å². The maximum absolute atomic E-state index is 4.02. The first-order valence-electron chi connectivity index (χ1n) is 9.68. The van der Waals surface area contributed by atoms with Crippen LogP contribution in [0.3, 0.4) is 0 Å². The molecule has 0 aromatic rings.